The summed E-state index contributed by atoms with van der Waals surface area (Å²) in [6.07, 6.45) is 3.76. The molecule has 0 radical (unpaired) electrons. The van der Waals surface area contributed by atoms with E-state index in [1.165, 1.54) is 35.1 Å². The molecule has 0 fully saturated rings. The number of carboxylic acids is 1. The minimum atomic E-state index is -4.86. The van der Waals surface area contributed by atoms with E-state index >= 15 is 4.39 Å². The molecule has 0 saturated heterocycles. The summed E-state index contributed by atoms with van der Waals surface area (Å²) >= 11 is 0. The highest BCUT2D eigenvalue weighted by molar-refractivity contribution is 5.82. The standard InChI is InChI=1S/C36H35F5N4O4/c1-6-23-15-25(33-21(4)13-26(37)14-22(33)5)16-27(34(23)38)29(18-32(47)48)43-35(49)30(12-20(2)3)45-19-24(8-11-44-10-7-9-42-44)28(17-31(45)46)36(39,40)41/h1,7,9-10,13-17,19-20,29-30H,8,11-12,18H2,2-5H3,(H,43,49)(H,47,48)/t29-,30-/m1/s1. The van der Waals surface area contributed by atoms with E-state index in [2.05, 4.69) is 16.3 Å². The predicted molar refractivity (Wildman–Crippen MR) is 172 cm³/mol. The summed E-state index contributed by atoms with van der Waals surface area (Å²) in [4.78, 5) is 39.2. The van der Waals surface area contributed by atoms with E-state index in [-0.39, 0.29) is 42.0 Å². The van der Waals surface area contributed by atoms with Crippen molar-refractivity contribution in [2.45, 2.75) is 71.8 Å². The first kappa shape index (κ1) is 36.6. The zero-order valence-corrected chi connectivity index (χ0v) is 27.2. The minimum Gasteiger partial charge on any atom is -0.481 e. The number of hydrogen-bond acceptors (Lipinski definition) is 4. The van der Waals surface area contributed by atoms with Crippen molar-refractivity contribution in [1.82, 2.24) is 19.7 Å². The van der Waals surface area contributed by atoms with Crippen LogP contribution in [0.25, 0.3) is 11.1 Å². The van der Waals surface area contributed by atoms with Crippen molar-refractivity contribution >= 4 is 11.9 Å². The van der Waals surface area contributed by atoms with Gasteiger partial charge in [0, 0.05) is 36.8 Å². The molecule has 4 rings (SSSR count). The smallest absolute Gasteiger partial charge is 0.416 e. The van der Waals surface area contributed by atoms with Gasteiger partial charge in [-0.2, -0.15) is 18.3 Å². The third-order valence-corrected chi connectivity index (χ3v) is 8.08. The average molecular weight is 683 g/mol. The number of carbonyl (C=O) groups excluding carboxylic acids is 1. The van der Waals surface area contributed by atoms with Crippen LogP contribution in [0.15, 0.2) is 59.8 Å². The lowest BCUT2D eigenvalue weighted by atomic mass is 9.90. The Morgan fingerprint density at radius 1 is 1.08 bits per heavy atom. The normalized spacial score (nSPS) is 12.8. The lowest BCUT2D eigenvalue weighted by Gasteiger charge is -2.27. The number of nitrogens with zero attached hydrogens (tertiary/aromatic N) is 3. The van der Waals surface area contributed by atoms with Gasteiger partial charge in [0.2, 0.25) is 5.91 Å². The summed E-state index contributed by atoms with van der Waals surface area (Å²) in [7, 11) is 0. The van der Waals surface area contributed by atoms with E-state index in [0.29, 0.717) is 28.3 Å². The molecule has 4 aromatic rings. The number of aryl methyl sites for hydroxylation is 4. The lowest BCUT2D eigenvalue weighted by molar-refractivity contribution is -0.139. The Bertz CT molecular complexity index is 1940. The van der Waals surface area contributed by atoms with Crippen LogP contribution < -0.4 is 10.9 Å². The first-order valence-corrected chi connectivity index (χ1v) is 15.4. The molecule has 2 atom stereocenters. The number of aromatic nitrogens is 3. The lowest BCUT2D eigenvalue weighted by Crippen LogP contribution is -2.41. The number of nitrogens with one attached hydrogen (secondary N) is 1. The number of aliphatic carboxylic acids is 1. The molecule has 0 aliphatic carbocycles. The first-order chi connectivity index (χ1) is 23.0. The largest absolute Gasteiger partial charge is 0.481 e. The molecule has 1 amide bonds. The van der Waals surface area contributed by atoms with Gasteiger partial charge >= 0.3 is 12.1 Å². The van der Waals surface area contributed by atoms with Gasteiger partial charge in [-0.1, -0.05) is 19.8 Å². The molecule has 2 aromatic carbocycles. The Morgan fingerprint density at radius 2 is 1.76 bits per heavy atom. The van der Waals surface area contributed by atoms with Crippen LogP contribution in [0.2, 0.25) is 0 Å². The van der Waals surface area contributed by atoms with E-state index in [9.17, 15) is 37.1 Å². The van der Waals surface area contributed by atoms with Crippen molar-refractivity contribution in [3.05, 3.63) is 110 Å². The first-order valence-electron chi connectivity index (χ1n) is 15.4. The quantitative estimate of drug-likeness (QED) is 0.127. The Balaban J connectivity index is 1.82. The summed E-state index contributed by atoms with van der Waals surface area (Å²) < 4.78 is 74.4. The molecule has 0 aliphatic rings. The number of terminal acetylenes is 1. The van der Waals surface area contributed by atoms with Crippen LogP contribution in [0.1, 0.15) is 72.2 Å². The van der Waals surface area contributed by atoms with Gasteiger partial charge in [-0.25, -0.2) is 8.78 Å². The molecule has 2 heterocycles. The number of pyridine rings is 1. The van der Waals surface area contributed by atoms with Crippen LogP contribution in [-0.4, -0.2) is 31.3 Å². The number of alkyl halides is 3. The number of carboxylic acid groups (broad SMARTS) is 1. The summed E-state index contributed by atoms with van der Waals surface area (Å²) in [5.74, 6) is -1.80. The molecule has 0 aliphatic heterocycles. The Hall–Kier alpha value is -5.25. The average Bonchev–Trinajstić information content (AvgIpc) is 3.52. The zero-order chi connectivity index (χ0) is 36.2. The van der Waals surface area contributed by atoms with E-state index in [0.717, 1.165) is 10.8 Å². The van der Waals surface area contributed by atoms with Gasteiger partial charge in [0.15, 0.2) is 0 Å². The van der Waals surface area contributed by atoms with Gasteiger partial charge in [0.05, 0.1) is 23.6 Å². The highest BCUT2D eigenvalue weighted by Gasteiger charge is 2.36. The molecular weight excluding hydrogens is 647 g/mol. The fourth-order valence-electron chi connectivity index (χ4n) is 5.96. The number of benzene rings is 2. The molecule has 0 bridgehead atoms. The fraction of sp³-hybridized carbons (Fsp3) is 0.333. The van der Waals surface area contributed by atoms with Crippen molar-refractivity contribution in [1.29, 1.82) is 0 Å². The zero-order valence-electron chi connectivity index (χ0n) is 27.2. The van der Waals surface area contributed by atoms with Gasteiger partial charge in [0.25, 0.3) is 5.56 Å². The molecular formula is C36H35F5N4O4. The number of halogens is 5. The molecule has 258 valence electrons. The highest BCUT2D eigenvalue weighted by Crippen LogP contribution is 2.35. The highest BCUT2D eigenvalue weighted by atomic mass is 19.4. The van der Waals surface area contributed by atoms with Gasteiger partial charge in [-0.15, -0.1) is 6.42 Å². The molecule has 0 spiro atoms. The van der Waals surface area contributed by atoms with Crippen molar-refractivity contribution in [3.8, 4) is 23.5 Å². The minimum absolute atomic E-state index is 0.0262. The van der Waals surface area contributed by atoms with E-state index in [4.69, 9.17) is 6.42 Å². The second-order valence-corrected chi connectivity index (χ2v) is 12.3. The number of rotatable bonds is 12. The second kappa shape index (κ2) is 14.9. The van der Waals surface area contributed by atoms with Gasteiger partial charge in [-0.3, -0.25) is 19.1 Å². The molecule has 0 saturated carbocycles. The number of amides is 1. The summed E-state index contributed by atoms with van der Waals surface area (Å²) in [6.45, 7) is 6.80. The van der Waals surface area contributed by atoms with E-state index < -0.39 is 59.3 Å². The molecule has 8 nitrogen and oxygen atoms in total. The van der Waals surface area contributed by atoms with Gasteiger partial charge < -0.3 is 15.0 Å². The maximum Gasteiger partial charge on any atom is 0.416 e. The number of hydrogen-bond donors (Lipinski definition) is 2. The summed E-state index contributed by atoms with van der Waals surface area (Å²) in [5.41, 5.74) is -1.14. The predicted octanol–water partition coefficient (Wildman–Crippen LogP) is 6.77. The molecule has 13 heteroatoms. The van der Waals surface area contributed by atoms with Crippen LogP contribution in [0.4, 0.5) is 22.0 Å². The van der Waals surface area contributed by atoms with Crippen LogP contribution in [0, 0.1) is 43.7 Å². The summed E-state index contributed by atoms with van der Waals surface area (Å²) in [5, 5.41) is 16.3. The van der Waals surface area contributed by atoms with Crippen LogP contribution >= 0.6 is 0 Å². The second-order valence-electron chi connectivity index (χ2n) is 12.3. The SMILES string of the molecule is C#Cc1cc(-c2c(C)cc(F)cc2C)cc([C@@H](CC(=O)O)NC(=O)[C@@H](CC(C)C)n2cc(CCn3cccn3)c(C(F)(F)F)cc2=O)c1F. The van der Waals surface area contributed by atoms with E-state index in [1.807, 2.05) is 0 Å². The van der Waals surface area contributed by atoms with Crippen molar-refractivity contribution in [2.75, 3.05) is 0 Å². The molecule has 0 unspecified atom stereocenters. The fourth-order valence-corrected chi connectivity index (χ4v) is 5.96. The maximum absolute atomic E-state index is 15.9. The molecule has 2 aromatic heterocycles. The van der Waals surface area contributed by atoms with Crippen molar-refractivity contribution in [3.63, 3.8) is 0 Å². The van der Waals surface area contributed by atoms with Crippen LogP contribution in [0.3, 0.4) is 0 Å². The van der Waals surface area contributed by atoms with Crippen molar-refractivity contribution < 1.29 is 36.6 Å². The molecule has 2 N–H and O–H groups in total. The Kier molecular flexibility index (Phi) is 11.1. The van der Waals surface area contributed by atoms with Crippen LogP contribution in [-0.2, 0) is 28.7 Å². The number of carbonyl (C=O) groups is 2. The van der Waals surface area contributed by atoms with Gasteiger partial charge in [0.1, 0.15) is 17.7 Å². The Morgan fingerprint density at radius 3 is 2.31 bits per heavy atom. The third-order valence-electron chi connectivity index (χ3n) is 8.08. The summed E-state index contributed by atoms with van der Waals surface area (Å²) in [6, 6.07) is 4.37. The molecule has 49 heavy (non-hydrogen) atoms. The van der Waals surface area contributed by atoms with Gasteiger partial charge in [-0.05, 0) is 90.8 Å². The van der Waals surface area contributed by atoms with Crippen molar-refractivity contribution in [2.24, 2.45) is 5.92 Å². The van der Waals surface area contributed by atoms with Crippen LogP contribution in [0.5, 0.6) is 0 Å². The van der Waals surface area contributed by atoms with E-state index in [1.54, 1.807) is 40.0 Å². The maximum atomic E-state index is 15.9. The Labute approximate surface area is 279 Å². The topological polar surface area (TPSA) is 106 Å². The monoisotopic (exact) mass is 682 g/mol. The third kappa shape index (κ3) is 8.62.